The number of rotatable bonds is 5. The molecule has 21 heavy (non-hydrogen) atoms. The van der Waals surface area contributed by atoms with Gasteiger partial charge in [0.2, 0.25) is 5.91 Å². The molecule has 0 atom stereocenters. The van der Waals surface area contributed by atoms with Crippen LogP contribution in [-0.2, 0) is 11.2 Å². The van der Waals surface area contributed by atoms with Crippen LogP contribution in [0.4, 0.5) is 11.5 Å². The number of nitrogens with one attached hydrogen (secondary N) is 2. The first-order valence-corrected chi connectivity index (χ1v) is 7.05. The van der Waals surface area contributed by atoms with Crippen molar-refractivity contribution in [2.75, 3.05) is 24.3 Å². The molecule has 0 aliphatic carbocycles. The highest BCUT2D eigenvalue weighted by Crippen LogP contribution is 2.15. The van der Waals surface area contributed by atoms with Gasteiger partial charge in [-0.05, 0) is 38.0 Å². The smallest absolute Gasteiger partial charge is 0.225 e. The van der Waals surface area contributed by atoms with Crippen LogP contribution in [0.15, 0.2) is 24.3 Å². The van der Waals surface area contributed by atoms with E-state index < -0.39 is 0 Å². The van der Waals surface area contributed by atoms with Crippen LogP contribution in [0.2, 0.25) is 0 Å². The second-order valence-electron chi connectivity index (χ2n) is 5.43. The number of H-pyrrole nitrogens is 1. The number of aromatic amines is 1. The van der Waals surface area contributed by atoms with Gasteiger partial charge in [-0.25, -0.2) is 0 Å². The maximum Gasteiger partial charge on any atom is 0.225 e. The van der Waals surface area contributed by atoms with Gasteiger partial charge in [0.25, 0.3) is 0 Å². The first kappa shape index (κ1) is 15.1. The first-order valence-electron chi connectivity index (χ1n) is 7.05. The minimum absolute atomic E-state index is 0.0127. The molecule has 0 fully saturated rings. The van der Waals surface area contributed by atoms with Gasteiger partial charge in [0.05, 0.1) is 0 Å². The van der Waals surface area contributed by atoms with E-state index in [2.05, 4.69) is 44.7 Å². The van der Waals surface area contributed by atoms with Gasteiger partial charge in [-0.15, -0.1) is 0 Å². The summed E-state index contributed by atoms with van der Waals surface area (Å²) in [5.74, 6) is 0.613. The molecular weight excluding hydrogens is 264 g/mol. The van der Waals surface area contributed by atoms with Crippen LogP contribution >= 0.6 is 0 Å². The number of anilines is 2. The summed E-state index contributed by atoms with van der Waals surface area (Å²) >= 11 is 0. The fourth-order valence-electron chi connectivity index (χ4n) is 2.02. The minimum atomic E-state index is -0.0127. The Morgan fingerprint density at radius 2 is 1.90 bits per heavy atom. The molecule has 0 bridgehead atoms. The molecule has 0 aliphatic heterocycles. The molecule has 0 radical (unpaired) electrons. The van der Waals surface area contributed by atoms with Gasteiger partial charge < -0.3 is 10.2 Å². The van der Waals surface area contributed by atoms with Crippen molar-refractivity contribution in [2.24, 2.45) is 0 Å². The molecule has 5 heteroatoms. The fraction of sp³-hybridized carbons (Fsp3) is 0.375. The maximum absolute atomic E-state index is 11.9. The maximum atomic E-state index is 11.9. The van der Waals surface area contributed by atoms with Gasteiger partial charge in [0, 0.05) is 37.5 Å². The molecule has 0 saturated carbocycles. The van der Waals surface area contributed by atoms with Crippen LogP contribution in [0.3, 0.4) is 0 Å². The van der Waals surface area contributed by atoms with Crippen molar-refractivity contribution in [1.29, 1.82) is 0 Å². The Hall–Kier alpha value is -2.30. The molecule has 2 N–H and O–H groups in total. The van der Waals surface area contributed by atoms with Crippen molar-refractivity contribution in [3.8, 4) is 0 Å². The Balaban J connectivity index is 1.87. The van der Waals surface area contributed by atoms with E-state index in [4.69, 9.17) is 0 Å². The average molecular weight is 286 g/mol. The van der Waals surface area contributed by atoms with Gasteiger partial charge in [0.1, 0.15) is 0 Å². The van der Waals surface area contributed by atoms with Crippen LogP contribution in [0, 0.1) is 13.8 Å². The number of hydrogen-bond donors (Lipinski definition) is 2. The molecule has 1 aromatic heterocycles. The van der Waals surface area contributed by atoms with E-state index >= 15 is 0 Å². The van der Waals surface area contributed by atoms with Crippen molar-refractivity contribution in [3.05, 3.63) is 41.1 Å². The number of aromatic nitrogens is 2. The summed E-state index contributed by atoms with van der Waals surface area (Å²) in [4.78, 5) is 14.0. The molecule has 0 aliphatic rings. The summed E-state index contributed by atoms with van der Waals surface area (Å²) in [6.45, 7) is 3.87. The van der Waals surface area contributed by atoms with Crippen molar-refractivity contribution in [1.82, 2.24) is 10.2 Å². The number of aryl methyl sites for hydroxylation is 2. The lowest BCUT2D eigenvalue weighted by Gasteiger charge is -2.12. The minimum Gasteiger partial charge on any atom is -0.378 e. The van der Waals surface area contributed by atoms with Crippen LogP contribution < -0.4 is 10.2 Å². The number of carbonyl (C=O) groups excluding carboxylic acids is 1. The Morgan fingerprint density at radius 3 is 2.43 bits per heavy atom. The van der Waals surface area contributed by atoms with Crippen LogP contribution in [0.25, 0.3) is 0 Å². The van der Waals surface area contributed by atoms with Crippen molar-refractivity contribution in [2.45, 2.75) is 26.7 Å². The fourth-order valence-corrected chi connectivity index (χ4v) is 2.02. The highest BCUT2D eigenvalue weighted by Gasteiger charge is 2.09. The molecule has 2 aromatic rings. The lowest BCUT2D eigenvalue weighted by molar-refractivity contribution is -0.116. The largest absolute Gasteiger partial charge is 0.378 e. The molecule has 1 heterocycles. The van der Waals surface area contributed by atoms with Gasteiger partial charge in [-0.3, -0.25) is 9.89 Å². The third kappa shape index (κ3) is 3.84. The first-order chi connectivity index (χ1) is 9.97. The van der Waals surface area contributed by atoms with Gasteiger partial charge in [0.15, 0.2) is 5.82 Å². The highest BCUT2D eigenvalue weighted by atomic mass is 16.1. The third-order valence-corrected chi connectivity index (χ3v) is 3.60. The zero-order valence-corrected chi connectivity index (χ0v) is 13.0. The predicted octanol–water partition coefficient (Wildman–Crippen LogP) is 2.66. The zero-order chi connectivity index (χ0) is 15.4. The standard InChI is InChI=1S/C16H22N4O/c1-11-12(2)18-19-16(11)17-15(21)10-7-13-5-8-14(9-6-13)20(3)4/h5-6,8-9H,7,10H2,1-4H3,(H2,17,18,19,21). The van der Waals surface area contributed by atoms with E-state index in [9.17, 15) is 4.79 Å². The average Bonchev–Trinajstić information content (AvgIpc) is 2.77. The Labute approximate surface area is 125 Å². The Bertz CT molecular complexity index is 614. The van der Waals surface area contributed by atoms with Gasteiger partial charge >= 0.3 is 0 Å². The van der Waals surface area contributed by atoms with E-state index in [1.807, 2.05) is 27.9 Å². The predicted molar refractivity (Wildman–Crippen MR) is 85.8 cm³/mol. The molecule has 1 amide bonds. The quantitative estimate of drug-likeness (QED) is 0.888. The Morgan fingerprint density at radius 1 is 1.24 bits per heavy atom. The van der Waals surface area contributed by atoms with Gasteiger partial charge in [-0.2, -0.15) is 5.10 Å². The number of benzene rings is 1. The van der Waals surface area contributed by atoms with Crippen LogP contribution in [0.5, 0.6) is 0 Å². The molecule has 2 rings (SSSR count). The molecule has 0 unspecified atom stereocenters. The lowest BCUT2D eigenvalue weighted by atomic mass is 10.1. The third-order valence-electron chi connectivity index (χ3n) is 3.60. The van der Waals surface area contributed by atoms with Crippen LogP contribution in [-0.4, -0.2) is 30.2 Å². The second-order valence-corrected chi connectivity index (χ2v) is 5.43. The van der Waals surface area contributed by atoms with E-state index in [0.29, 0.717) is 12.2 Å². The number of hydrogen-bond acceptors (Lipinski definition) is 3. The topological polar surface area (TPSA) is 61.0 Å². The SMILES string of the molecule is Cc1[nH]nc(NC(=O)CCc2ccc(N(C)C)cc2)c1C. The molecular formula is C16H22N4O. The lowest BCUT2D eigenvalue weighted by Crippen LogP contribution is -2.13. The molecule has 0 spiro atoms. The summed E-state index contributed by atoms with van der Waals surface area (Å²) in [5, 5.41) is 9.78. The molecule has 0 saturated heterocycles. The monoisotopic (exact) mass is 286 g/mol. The summed E-state index contributed by atoms with van der Waals surface area (Å²) in [6.07, 6.45) is 1.18. The summed E-state index contributed by atoms with van der Waals surface area (Å²) in [5.41, 5.74) is 4.28. The summed E-state index contributed by atoms with van der Waals surface area (Å²) in [6, 6.07) is 8.25. The van der Waals surface area contributed by atoms with E-state index in [0.717, 1.165) is 28.9 Å². The number of amides is 1. The highest BCUT2D eigenvalue weighted by molar-refractivity contribution is 5.90. The number of nitrogens with zero attached hydrogens (tertiary/aromatic N) is 2. The second kappa shape index (κ2) is 6.43. The van der Waals surface area contributed by atoms with E-state index in [1.165, 1.54) is 0 Å². The van der Waals surface area contributed by atoms with Crippen LogP contribution in [0.1, 0.15) is 23.2 Å². The summed E-state index contributed by atoms with van der Waals surface area (Å²) < 4.78 is 0. The van der Waals surface area contributed by atoms with E-state index in [1.54, 1.807) is 0 Å². The van der Waals surface area contributed by atoms with Crippen molar-refractivity contribution in [3.63, 3.8) is 0 Å². The van der Waals surface area contributed by atoms with Crippen molar-refractivity contribution < 1.29 is 4.79 Å². The van der Waals surface area contributed by atoms with E-state index in [-0.39, 0.29) is 5.91 Å². The zero-order valence-electron chi connectivity index (χ0n) is 13.0. The molecule has 5 nitrogen and oxygen atoms in total. The van der Waals surface area contributed by atoms with Gasteiger partial charge in [-0.1, -0.05) is 12.1 Å². The normalized spacial score (nSPS) is 10.5. The molecule has 112 valence electrons. The summed E-state index contributed by atoms with van der Waals surface area (Å²) in [7, 11) is 4.02. The Kier molecular flexibility index (Phi) is 4.62. The molecule has 1 aromatic carbocycles. The number of carbonyl (C=O) groups is 1. The van der Waals surface area contributed by atoms with Crippen molar-refractivity contribution >= 4 is 17.4 Å².